The first kappa shape index (κ1) is 17.4. The highest BCUT2D eigenvalue weighted by Gasteiger charge is 2.22. The average Bonchev–Trinajstić information content (AvgIpc) is 2.90. The van der Waals surface area contributed by atoms with Crippen LogP contribution in [0.15, 0.2) is 24.3 Å². The second kappa shape index (κ2) is 7.64. The molecule has 0 bridgehead atoms. The summed E-state index contributed by atoms with van der Waals surface area (Å²) in [6, 6.07) is 8.17. The minimum absolute atomic E-state index is 0.0123. The molecule has 24 heavy (non-hydrogen) atoms. The Bertz CT molecular complexity index is 710. The minimum Gasteiger partial charge on any atom is -0.374 e. The molecule has 0 spiro atoms. The molecule has 0 aliphatic carbocycles. The Morgan fingerprint density at radius 2 is 2.21 bits per heavy atom. The zero-order valence-corrected chi connectivity index (χ0v) is 15.5. The number of thiophene rings is 1. The molecule has 5 heteroatoms. The van der Waals surface area contributed by atoms with Crippen LogP contribution in [0.4, 0.5) is 0 Å². The van der Waals surface area contributed by atoms with Crippen LogP contribution >= 0.6 is 11.3 Å². The Kier molecular flexibility index (Phi) is 5.54. The van der Waals surface area contributed by atoms with Crippen LogP contribution in [0.2, 0.25) is 0 Å². The third-order valence-corrected chi connectivity index (χ3v) is 5.66. The van der Waals surface area contributed by atoms with Crippen LogP contribution in [0.25, 0.3) is 10.1 Å². The Balaban J connectivity index is 1.59. The summed E-state index contributed by atoms with van der Waals surface area (Å²) in [5.74, 6) is 0.665. The maximum atomic E-state index is 12.6. The van der Waals surface area contributed by atoms with Gasteiger partial charge in [0.2, 0.25) is 0 Å². The fraction of sp³-hybridized carbons (Fsp3) is 0.526. The van der Waals surface area contributed by atoms with Gasteiger partial charge in [-0.25, -0.2) is 0 Å². The molecule has 1 N–H and O–H groups in total. The highest BCUT2D eigenvalue weighted by Crippen LogP contribution is 2.30. The van der Waals surface area contributed by atoms with Crippen molar-refractivity contribution < 1.29 is 9.53 Å². The average molecular weight is 346 g/mol. The van der Waals surface area contributed by atoms with Crippen molar-refractivity contribution in [1.29, 1.82) is 0 Å². The van der Waals surface area contributed by atoms with E-state index in [1.807, 2.05) is 19.1 Å². The number of carbonyl (C=O) groups is 1. The van der Waals surface area contributed by atoms with Gasteiger partial charge in [-0.05, 0) is 29.9 Å². The number of fused-ring (bicyclic) bond motifs is 1. The lowest BCUT2D eigenvalue weighted by molar-refractivity contribution is -0.0295. The van der Waals surface area contributed by atoms with Crippen molar-refractivity contribution in [2.24, 2.45) is 5.92 Å². The van der Waals surface area contributed by atoms with Gasteiger partial charge in [-0.3, -0.25) is 9.69 Å². The van der Waals surface area contributed by atoms with Gasteiger partial charge in [0.05, 0.1) is 17.6 Å². The van der Waals surface area contributed by atoms with Crippen molar-refractivity contribution >= 4 is 27.3 Å². The lowest BCUT2D eigenvalue weighted by Gasteiger charge is -2.33. The maximum absolute atomic E-state index is 12.6. The van der Waals surface area contributed by atoms with Crippen molar-refractivity contribution in [2.75, 3.05) is 32.8 Å². The minimum atomic E-state index is 0.0123. The van der Waals surface area contributed by atoms with Gasteiger partial charge >= 0.3 is 0 Å². The number of nitrogens with one attached hydrogen (secondary N) is 1. The fourth-order valence-corrected chi connectivity index (χ4v) is 4.39. The van der Waals surface area contributed by atoms with Crippen molar-refractivity contribution in [3.63, 3.8) is 0 Å². The molecule has 130 valence electrons. The van der Waals surface area contributed by atoms with Gasteiger partial charge in [-0.2, -0.15) is 0 Å². The lowest BCUT2D eigenvalue weighted by atomic mass is 10.1. The third kappa shape index (κ3) is 3.97. The van der Waals surface area contributed by atoms with E-state index in [4.69, 9.17) is 4.74 Å². The molecule has 2 heterocycles. The molecule has 1 atom stereocenters. The van der Waals surface area contributed by atoms with Crippen molar-refractivity contribution in [3.05, 3.63) is 34.7 Å². The first-order chi connectivity index (χ1) is 11.5. The molecule has 1 amide bonds. The van der Waals surface area contributed by atoms with E-state index in [1.54, 1.807) is 11.3 Å². The number of benzene rings is 1. The van der Waals surface area contributed by atoms with Crippen molar-refractivity contribution in [3.8, 4) is 0 Å². The number of hydrogen-bond donors (Lipinski definition) is 1. The number of morpholine rings is 1. The quantitative estimate of drug-likeness (QED) is 0.903. The summed E-state index contributed by atoms with van der Waals surface area (Å²) in [6.07, 6.45) is 0.0798. The highest BCUT2D eigenvalue weighted by molar-refractivity contribution is 7.21. The van der Waals surface area contributed by atoms with Crippen LogP contribution in [0, 0.1) is 12.8 Å². The largest absolute Gasteiger partial charge is 0.374 e. The zero-order valence-electron chi connectivity index (χ0n) is 14.7. The van der Waals surface area contributed by atoms with E-state index >= 15 is 0 Å². The number of nitrogens with zero attached hydrogens (tertiary/aromatic N) is 1. The van der Waals surface area contributed by atoms with E-state index < -0.39 is 0 Å². The van der Waals surface area contributed by atoms with Gasteiger partial charge < -0.3 is 10.1 Å². The van der Waals surface area contributed by atoms with Crippen LogP contribution in [0.3, 0.4) is 0 Å². The molecular weight excluding hydrogens is 320 g/mol. The summed E-state index contributed by atoms with van der Waals surface area (Å²) >= 11 is 1.56. The number of carbonyl (C=O) groups excluding carboxylic acids is 1. The predicted octanol–water partition coefficient (Wildman–Crippen LogP) is 3.30. The Morgan fingerprint density at radius 1 is 1.42 bits per heavy atom. The molecular formula is C19H26N2O2S. The number of rotatable bonds is 5. The van der Waals surface area contributed by atoms with Crippen molar-refractivity contribution in [2.45, 2.75) is 26.9 Å². The molecule has 0 radical (unpaired) electrons. The molecule has 1 saturated heterocycles. The summed E-state index contributed by atoms with van der Waals surface area (Å²) in [5.41, 5.74) is 1.07. The van der Waals surface area contributed by atoms with Gasteiger partial charge in [-0.15, -0.1) is 11.3 Å². The molecule has 1 fully saturated rings. The van der Waals surface area contributed by atoms with Gasteiger partial charge in [0.25, 0.3) is 5.91 Å². The predicted molar refractivity (Wildman–Crippen MR) is 99.9 cm³/mol. The van der Waals surface area contributed by atoms with Crippen LogP contribution in [-0.2, 0) is 4.74 Å². The van der Waals surface area contributed by atoms with Crippen molar-refractivity contribution in [1.82, 2.24) is 10.2 Å². The maximum Gasteiger partial charge on any atom is 0.261 e. The Morgan fingerprint density at radius 3 is 2.96 bits per heavy atom. The fourth-order valence-electron chi connectivity index (χ4n) is 3.26. The number of hydrogen-bond acceptors (Lipinski definition) is 4. The molecule has 1 aliphatic heterocycles. The summed E-state index contributed by atoms with van der Waals surface area (Å²) in [5, 5.41) is 4.24. The summed E-state index contributed by atoms with van der Waals surface area (Å²) < 4.78 is 6.98. The topological polar surface area (TPSA) is 41.6 Å². The van der Waals surface area contributed by atoms with Crippen LogP contribution < -0.4 is 5.32 Å². The highest BCUT2D eigenvalue weighted by atomic mass is 32.1. The standard InChI is InChI=1S/C19H26N2O2S/c1-13(2)11-21-8-9-23-15(12-21)10-20-19(22)18-14(3)16-6-4-5-7-17(16)24-18/h4-7,13,15H,8-12H2,1-3H3,(H,20,22). The summed E-state index contributed by atoms with van der Waals surface area (Å²) in [6.45, 7) is 10.8. The van der Waals surface area contributed by atoms with Crippen LogP contribution in [0.1, 0.15) is 29.1 Å². The second-order valence-electron chi connectivity index (χ2n) is 6.91. The van der Waals surface area contributed by atoms with Gasteiger partial charge in [0.1, 0.15) is 0 Å². The smallest absolute Gasteiger partial charge is 0.261 e. The van der Waals surface area contributed by atoms with Gasteiger partial charge in [0, 0.05) is 30.9 Å². The summed E-state index contributed by atoms with van der Waals surface area (Å²) in [4.78, 5) is 15.8. The summed E-state index contributed by atoms with van der Waals surface area (Å²) in [7, 11) is 0. The number of aryl methyl sites for hydroxylation is 1. The van der Waals surface area contributed by atoms with Crippen LogP contribution in [0.5, 0.6) is 0 Å². The third-order valence-electron chi connectivity index (χ3n) is 4.39. The van der Waals surface area contributed by atoms with E-state index in [9.17, 15) is 4.79 Å². The van der Waals surface area contributed by atoms with E-state index in [1.165, 1.54) is 5.39 Å². The van der Waals surface area contributed by atoms with E-state index in [-0.39, 0.29) is 12.0 Å². The molecule has 3 rings (SSSR count). The van der Waals surface area contributed by atoms with Gasteiger partial charge in [0.15, 0.2) is 0 Å². The molecule has 4 nitrogen and oxygen atoms in total. The van der Waals surface area contributed by atoms with Crippen LogP contribution in [-0.4, -0.2) is 49.7 Å². The SMILES string of the molecule is Cc1c(C(=O)NCC2CN(CC(C)C)CCO2)sc2ccccc12. The number of amides is 1. The molecule has 1 aromatic carbocycles. The van der Waals surface area contributed by atoms with E-state index in [0.29, 0.717) is 12.5 Å². The Hall–Kier alpha value is -1.43. The zero-order chi connectivity index (χ0) is 17.1. The first-order valence-corrected chi connectivity index (χ1v) is 9.46. The molecule has 2 aromatic rings. The van der Waals surface area contributed by atoms with Gasteiger partial charge in [-0.1, -0.05) is 32.0 Å². The number of ether oxygens (including phenoxy) is 1. The second-order valence-corrected chi connectivity index (χ2v) is 7.96. The van der Waals surface area contributed by atoms with E-state index in [2.05, 4.69) is 36.2 Å². The van der Waals surface area contributed by atoms with E-state index in [0.717, 1.165) is 41.4 Å². The monoisotopic (exact) mass is 346 g/mol. The Labute approximate surface area is 147 Å². The molecule has 1 aliphatic rings. The molecule has 1 aromatic heterocycles. The normalized spacial score (nSPS) is 19.1. The molecule has 0 saturated carbocycles. The lowest BCUT2D eigenvalue weighted by Crippen LogP contribution is -2.48. The first-order valence-electron chi connectivity index (χ1n) is 8.65. The molecule has 1 unspecified atom stereocenters.